The zero-order valence-corrected chi connectivity index (χ0v) is 14.9. The molecule has 0 aromatic carbocycles. The summed E-state index contributed by atoms with van der Waals surface area (Å²) < 4.78 is 0. The van der Waals surface area contributed by atoms with E-state index in [1.165, 1.54) is 12.8 Å². The van der Waals surface area contributed by atoms with Gasteiger partial charge < -0.3 is 10.2 Å². The number of halogens is 2. The lowest BCUT2D eigenvalue weighted by Crippen LogP contribution is -2.38. The van der Waals surface area contributed by atoms with Crippen LogP contribution in [-0.2, 0) is 0 Å². The van der Waals surface area contributed by atoms with Crippen LogP contribution in [0, 0.1) is 11.3 Å². The first kappa shape index (κ1) is 16.7. The van der Waals surface area contributed by atoms with Crippen LogP contribution in [0.1, 0.15) is 40.5 Å². The van der Waals surface area contributed by atoms with Crippen molar-refractivity contribution < 1.29 is 0 Å². The fourth-order valence-corrected chi connectivity index (χ4v) is 3.47. The Bertz CT molecular complexity index is 489. The van der Waals surface area contributed by atoms with E-state index < -0.39 is 0 Å². The molecule has 0 bridgehead atoms. The van der Waals surface area contributed by atoms with Gasteiger partial charge in [-0.3, -0.25) is 0 Å². The highest BCUT2D eigenvalue weighted by Crippen LogP contribution is 2.38. The fourth-order valence-electron chi connectivity index (χ4n) is 2.93. The van der Waals surface area contributed by atoms with Gasteiger partial charge in [0.2, 0.25) is 0 Å². The number of anilines is 2. The normalized spacial score (nSPS) is 17.1. The zero-order valence-electron chi connectivity index (χ0n) is 13.3. The first-order valence-electron chi connectivity index (χ1n) is 7.67. The van der Waals surface area contributed by atoms with E-state index in [1.54, 1.807) is 6.07 Å². The topological polar surface area (TPSA) is 28.2 Å². The molecule has 1 aromatic rings. The van der Waals surface area contributed by atoms with Crippen molar-refractivity contribution in [2.45, 2.75) is 40.5 Å². The lowest BCUT2D eigenvalue weighted by molar-refractivity contribution is 0.199. The summed E-state index contributed by atoms with van der Waals surface area (Å²) in [4.78, 5) is 6.90. The maximum absolute atomic E-state index is 6.34. The van der Waals surface area contributed by atoms with Gasteiger partial charge in [-0.05, 0) is 37.2 Å². The summed E-state index contributed by atoms with van der Waals surface area (Å²) in [6.45, 7) is 11.8. The van der Waals surface area contributed by atoms with Crippen molar-refractivity contribution in [3.05, 3.63) is 16.1 Å². The highest BCUT2D eigenvalue weighted by molar-refractivity contribution is 6.37. The van der Waals surface area contributed by atoms with Gasteiger partial charge in [-0.2, -0.15) is 0 Å². The monoisotopic (exact) mass is 329 g/mol. The molecule has 2 rings (SSSR count). The number of aromatic nitrogens is 1. The average Bonchev–Trinajstić information content (AvgIpc) is 2.41. The minimum absolute atomic E-state index is 0.373. The molecule has 0 unspecified atom stereocenters. The third-order valence-corrected chi connectivity index (χ3v) is 4.84. The maximum atomic E-state index is 6.34. The van der Waals surface area contributed by atoms with Gasteiger partial charge in [-0.15, -0.1) is 0 Å². The van der Waals surface area contributed by atoms with Crippen molar-refractivity contribution >= 4 is 34.8 Å². The predicted octanol–water partition coefficient (Wildman–Crippen LogP) is 5.08. The lowest BCUT2D eigenvalue weighted by atomic mass is 9.75. The molecule has 5 heteroatoms. The minimum atomic E-state index is 0.373. The molecule has 1 N–H and O–H groups in total. The summed E-state index contributed by atoms with van der Waals surface area (Å²) in [5.74, 6) is 2.33. The Labute approximate surface area is 138 Å². The van der Waals surface area contributed by atoms with Crippen LogP contribution in [-0.4, -0.2) is 24.6 Å². The van der Waals surface area contributed by atoms with Crippen molar-refractivity contribution in [2.75, 3.05) is 29.9 Å². The van der Waals surface area contributed by atoms with Gasteiger partial charge in [0.1, 0.15) is 11.6 Å². The van der Waals surface area contributed by atoms with E-state index >= 15 is 0 Å². The molecule has 0 saturated carbocycles. The second-order valence-corrected chi connectivity index (χ2v) is 7.60. The molecule has 0 radical (unpaired) electrons. The molecule has 0 amide bonds. The van der Waals surface area contributed by atoms with Crippen LogP contribution in [0.2, 0.25) is 10.0 Å². The maximum Gasteiger partial charge on any atom is 0.149 e. The Morgan fingerprint density at radius 1 is 1.24 bits per heavy atom. The van der Waals surface area contributed by atoms with Crippen molar-refractivity contribution in [3.63, 3.8) is 0 Å². The van der Waals surface area contributed by atoms with Crippen LogP contribution >= 0.6 is 23.2 Å². The summed E-state index contributed by atoms with van der Waals surface area (Å²) in [6.07, 6.45) is 2.36. The Hall–Kier alpha value is -0.670. The molecule has 21 heavy (non-hydrogen) atoms. The summed E-state index contributed by atoms with van der Waals surface area (Å²) >= 11 is 12.5. The number of nitrogens with one attached hydrogen (secondary N) is 1. The third-order valence-electron chi connectivity index (χ3n) is 4.27. The predicted molar refractivity (Wildman–Crippen MR) is 92.8 cm³/mol. The van der Waals surface area contributed by atoms with Gasteiger partial charge in [0.25, 0.3) is 0 Å². The third kappa shape index (κ3) is 3.95. The molecular weight excluding hydrogens is 305 g/mol. The van der Waals surface area contributed by atoms with Gasteiger partial charge in [0, 0.05) is 19.6 Å². The average molecular weight is 330 g/mol. The van der Waals surface area contributed by atoms with Crippen LogP contribution in [0.4, 0.5) is 11.6 Å². The number of piperidine rings is 1. The van der Waals surface area contributed by atoms with Crippen molar-refractivity contribution in [1.29, 1.82) is 0 Å². The van der Waals surface area contributed by atoms with E-state index in [1.807, 2.05) is 6.92 Å². The van der Waals surface area contributed by atoms with Gasteiger partial charge in [0.15, 0.2) is 0 Å². The van der Waals surface area contributed by atoms with Crippen molar-refractivity contribution in [2.24, 2.45) is 11.3 Å². The van der Waals surface area contributed by atoms with E-state index in [4.69, 9.17) is 23.2 Å². The molecule has 2 heterocycles. The summed E-state index contributed by atoms with van der Waals surface area (Å²) in [5, 5.41) is 4.40. The van der Waals surface area contributed by atoms with Gasteiger partial charge in [0.05, 0.1) is 10.0 Å². The lowest BCUT2D eigenvalue weighted by Gasteiger charge is -2.39. The molecule has 1 aromatic heterocycles. The molecule has 1 fully saturated rings. The quantitative estimate of drug-likeness (QED) is 0.837. The molecular formula is C16H25Cl2N3. The molecule has 0 aliphatic carbocycles. The molecule has 1 aliphatic heterocycles. The Kier molecular flexibility index (Phi) is 5.26. The highest BCUT2D eigenvalue weighted by atomic mass is 35.5. The van der Waals surface area contributed by atoms with Crippen LogP contribution in [0.5, 0.6) is 0 Å². The summed E-state index contributed by atoms with van der Waals surface area (Å²) in [5.41, 5.74) is 0.373. The van der Waals surface area contributed by atoms with Crippen molar-refractivity contribution in [3.8, 4) is 0 Å². The van der Waals surface area contributed by atoms with E-state index in [9.17, 15) is 0 Å². The van der Waals surface area contributed by atoms with Crippen LogP contribution in [0.25, 0.3) is 0 Å². The molecule has 1 aliphatic rings. The van der Waals surface area contributed by atoms with E-state index in [2.05, 4.69) is 36.0 Å². The smallest absolute Gasteiger partial charge is 0.149 e. The summed E-state index contributed by atoms with van der Waals surface area (Å²) in [7, 11) is 0. The SMILES string of the molecule is CCNc1nc(N2CCC(C(C)(C)C)CC2)c(Cl)cc1Cl. The number of nitrogens with zero attached hydrogens (tertiary/aromatic N) is 2. The summed E-state index contributed by atoms with van der Waals surface area (Å²) in [6, 6.07) is 1.79. The van der Waals surface area contributed by atoms with Gasteiger partial charge in [-0.25, -0.2) is 4.98 Å². The fraction of sp³-hybridized carbons (Fsp3) is 0.688. The molecule has 0 atom stereocenters. The molecule has 3 nitrogen and oxygen atoms in total. The minimum Gasteiger partial charge on any atom is -0.369 e. The second-order valence-electron chi connectivity index (χ2n) is 6.78. The van der Waals surface area contributed by atoms with Crippen LogP contribution in [0.15, 0.2) is 6.07 Å². The standard InChI is InChI=1S/C16H25Cl2N3/c1-5-19-14-12(17)10-13(18)15(20-14)21-8-6-11(7-9-21)16(2,3)4/h10-11H,5-9H2,1-4H3,(H,19,20). The Morgan fingerprint density at radius 3 is 2.38 bits per heavy atom. The Morgan fingerprint density at radius 2 is 1.86 bits per heavy atom. The van der Waals surface area contributed by atoms with E-state index in [0.29, 0.717) is 15.5 Å². The van der Waals surface area contributed by atoms with Gasteiger partial charge >= 0.3 is 0 Å². The molecule has 0 spiro atoms. The van der Waals surface area contributed by atoms with Crippen molar-refractivity contribution in [1.82, 2.24) is 4.98 Å². The number of hydrogen-bond acceptors (Lipinski definition) is 3. The largest absolute Gasteiger partial charge is 0.369 e. The number of pyridine rings is 1. The second kappa shape index (κ2) is 6.62. The van der Waals surface area contributed by atoms with E-state index in [0.717, 1.165) is 37.2 Å². The first-order valence-corrected chi connectivity index (χ1v) is 8.43. The zero-order chi connectivity index (χ0) is 15.6. The Balaban J connectivity index is 2.15. The molecule has 1 saturated heterocycles. The first-order chi connectivity index (χ1) is 9.82. The van der Waals surface area contributed by atoms with Crippen LogP contribution < -0.4 is 10.2 Å². The van der Waals surface area contributed by atoms with Crippen LogP contribution in [0.3, 0.4) is 0 Å². The highest BCUT2D eigenvalue weighted by Gasteiger charge is 2.30. The molecule has 118 valence electrons. The van der Waals surface area contributed by atoms with Gasteiger partial charge in [-0.1, -0.05) is 44.0 Å². The number of hydrogen-bond donors (Lipinski definition) is 1. The number of rotatable bonds is 3. The van der Waals surface area contributed by atoms with E-state index in [-0.39, 0.29) is 0 Å².